The Bertz CT molecular complexity index is 455. The summed E-state index contributed by atoms with van der Waals surface area (Å²) >= 11 is 0. The fourth-order valence-electron chi connectivity index (χ4n) is 1.30. The zero-order valence-corrected chi connectivity index (χ0v) is 8.75. The lowest BCUT2D eigenvalue weighted by Gasteiger charge is -2.13. The maximum atomic E-state index is 12.5. The number of carbonyl (C=O) groups is 1. The van der Waals surface area contributed by atoms with Crippen LogP contribution in [-0.2, 0) is 11.0 Å². The van der Waals surface area contributed by atoms with Crippen LogP contribution in [0.1, 0.15) is 11.1 Å². The molecule has 1 amide bonds. The number of hydrogen-bond acceptors (Lipinski definition) is 3. The number of anilines is 1. The number of carbonyl (C=O) groups excluding carboxylic acids is 1. The minimum absolute atomic E-state index is 0.0183. The Morgan fingerprint density at radius 1 is 1.47 bits per heavy atom. The summed E-state index contributed by atoms with van der Waals surface area (Å²) in [6.45, 7) is 1.24. The maximum Gasteiger partial charge on any atom is 0.416 e. The Hall–Kier alpha value is -2.05. The number of halogens is 3. The van der Waals surface area contributed by atoms with E-state index < -0.39 is 17.6 Å². The van der Waals surface area contributed by atoms with Crippen molar-refractivity contribution in [3.8, 4) is 0 Å². The van der Waals surface area contributed by atoms with Crippen LogP contribution in [0.2, 0.25) is 0 Å². The third-order valence-electron chi connectivity index (χ3n) is 2.07. The van der Waals surface area contributed by atoms with Crippen LogP contribution in [0, 0.1) is 6.92 Å². The fraction of sp³-hybridized carbons (Fsp3) is 0.200. The first-order valence-corrected chi connectivity index (χ1v) is 4.51. The predicted octanol–water partition coefficient (Wildman–Crippen LogP) is 2.41. The lowest BCUT2D eigenvalue weighted by molar-refractivity contribution is -0.138. The second-order valence-electron chi connectivity index (χ2n) is 3.21. The first kappa shape index (κ1) is 13.0. The second kappa shape index (κ2) is 4.86. The highest BCUT2D eigenvalue weighted by Crippen LogP contribution is 2.34. The highest BCUT2D eigenvalue weighted by Gasteiger charge is 2.32. The van der Waals surface area contributed by atoms with E-state index in [1.54, 1.807) is 0 Å². The SMILES string of the molecule is Cc1c(NC(=O)C=NO)cccc1C(F)(F)F. The Kier molecular flexibility index (Phi) is 3.72. The minimum atomic E-state index is -4.48. The molecule has 0 aliphatic rings. The first-order valence-electron chi connectivity index (χ1n) is 4.51. The summed E-state index contributed by atoms with van der Waals surface area (Å²) in [5.74, 6) is -0.810. The number of amides is 1. The molecule has 0 aromatic heterocycles. The van der Waals surface area contributed by atoms with Gasteiger partial charge in [0.25, 0.3) is 5.91 Å². The van der Waals surface area contributed by atoms with Crippen LogP contribution in [-0.4, -0.2) is 17.3 Å². The van der Waals surface area contributed by atoms with Crippen LogP contribution in [0.25, 0.3) is 0 Å². The van der Waals surface area contributed by atoms with Gasteiger partial charge in [-0.3, -0.25) is 4.79 Å². The van der Waals surface area contributed by atoms with Gasteiger partial charge in [0, 0.05) is 5.69 Å². The predicted molar refractivity (Wildman–Crippen MR) is 55.1 cm³/mol. The number of alkyl halides is 3. The molecule has 0 aliphatic heterocycles. The summed E-state index contributed by atoms with van der Waals surface area (Å²) in [7, 11) is 0. The molecular weight excluding hydrogens is 237 g/mol. The molecule has 1 aromatic carbocycles. The molecule has 0 bridgehead atoms. The van der Waals surface area contributed by atoms with Crippen molar-refractivity contribution in [3.63, 3.8) is 0 Å². The Morgan fingerprint density at radius 2 is 2.12 bits per heavy atom. The number of nitrogens with zero attached hydrogens (tertiary/aromatic N) is 1. The number of nitrogens with one attached hydrogen (secondary N) is 1. The molecular formula is C10H9F3N2O2. The molecule has 17 heavy (non-hydrogen) atoms. The van der Waals surface area contributed by atoms with Crippen LogP contribution >= 0.6 is 0 Å². The quantitative estimate of drug-likeness (QED) is 0.478. The maximum absolute atomic E-state index is 12.5. The standard InChI is InChI=1S/C10H9F3N2O2/c1-6-7(10(11,12)13)3-2-4-8(6)15-9(16)5-14-17/h2-5,17H,1H3,(H,15,16). The Balaban J connectivity index is 3.07. The third-order valence-corrected chi connectivity index (χ3v) is 2.07. The number of rotatable bonds is 2. The minimum Gasteiger partial charge on any atom is -0.411 e. The smallest absolute Gasteiger partial charge is 0.411 e. The van der Waals surface area contributed by atoms with E-state index in [0.29, 0.717) is 6.21 Å². The van der Waals surface area contributed by atoms with Crippen LogP contribution in [0.4, 0.5) is 18.9 Å². The van der Waals surface area contributed by atoms with E-state index in [9.17, 15) is 18.0 Å². The van der Waals surface area contributed by atoms with Crippen molar-refractivity contribution in [2.75, 3.05) is 5.32 Å². The molecule has 2 N–H and O–H groups in total. The van der Waals surface area contributed by atoms with Crippen LogP contribution < -0.4 is 5.32 Å². The van der Waals surface area contributed by atoms with Crippen LogP contribution in [0.5, 0.6) is 0 Å². The summed E-state index contributed by atoms with van der Waals surface area (Å²) < 4.78 is 37.6. The molecule has 0 fully saturated rings. The lowest BCUT2D eigenvalue weighted by atomic mass is 10.1. The molecule has 0 aliphatic carbocycles. The van der Waals surface area contributed by atoms with Gasteiger partial charge in [-0.15, -0.1) is 0 Å². The van der Waals surface area contributed by atoms with Crippen LogP contribution in [0.3, 0.4) is 0 Å². The second-order valence-corrected chi connectivity index (χ2v) is 3.21. The molecule has 0 saturated heterocycles. The van der Waals surface area contributed by atoms with E-state index in [1.807, 2.05) is 0 Å². The van der Waals surface area contributed by atoms with Gasteiger partial charge in [0.05, 0.1) is 5.56 Å². The number of oxime groups is 1. The zero-order valence-electron chi connectivity index (χ0n) is 8.75. The normalized spacial score (nSPS) is 11.8. The largest absolute Gasteiger partial charge is 0.416 e. The number of benzene rings is 1. The molecule has 0 spiro atoms. The van der Waals surface area contributed by atoms with Crippen molar-refractivity contribution in [1.82, 2.24) is 0 Å². The van der Waals surface area contributed by atoms with Gasteiger partial charge in [-0.2, -0.15) is 13.2 Å². The zero-order chi connectivity index (χ0) is 13.1. The average molecular weight is 246 g/mol. The van der Waals surface area contributed by atoms with Gasteiger partial charge in [-0.25, -0.2) is 0 Å². The molecule has 0 atom stereocenters. The molecule has 0 saturated carbocycles. The van der Waals surface area contributed by atoms with Crippen molar-refractivity contribution in [1.29, 1.82) is 0 Å². The summed E-state index contributed by atoms with van der Waals surface area (Å²) in [5, 5.41) is 12.7. The van der Waals surface area contributed by atoms with Crippen molar-refractivity contribution in [2.45, 2.75) is 13.1 Å². The molecule has 1 rings (SSSR count). The molecule has 7 heteroatoms. The van der Waals surface area contributed by atoms with E-state index >= 15 is 0 Å². The van der Waals surface area contributed by atoms with Gasteiger partial charge in [0.15, 0.2) is 0 Å². The van der Waals surface area contributed by atoms with Gasteiger partial charge < -0.3 is 10.5 Å². The lowest BCUT2D eigenvalue weighted by Crippen LogP contribution is -2.15. The Morgan fingerprint density at radius 3 is 2.65 bits per heavy atom. The molecule has 0 radical (unpaired) electrons. The summed E-state index contributed by atoms with van der Waals surface area (Å²) in [5.41, 5.74) is -0.902. The van der Waals surface area contributed by atoms with E-state index in [4.69, 9.17) is 5.21 Å². The topological polar surface area (TPSA) is 61.7 Å². The molecule has 0 heterocycles. The van der Waals surface area contributed by atoms with Gasteiger partial charge in [-0.05, 0) is 24.6 Å². The van der Waals surface area contributed by atoms with Gasteiger partial charge in [0.1, 0.15) is 6.21 Å². The third kappa shape index (κ3) is 3.20. The van der Waals surface area contributed by atoms with Crippen molar-refractivity contribution >= 4 is 17.8 Å². The molecule has 4 nitrogen and oxygen atoms in total. The molecule has 92 valence electrons. The van der Waals surface area contributed by atoms with Gasteiger partial charge in [0.2, 0.25) is 0 Å². The summed E-state index contributed by atoms with van der Waals surface area (Å²) in [4.78, 5) is 11.0. The Labute approximate surface area is 94.7 Å². The first-order chi connectivity index (χ1) is 7.86. The monoisotopic (exact) mass is 246 g/mol. The average Bonchev–Trinajstić information content (AvgIpc) is 2.19. The van der Waals surface area contributed by atoms with Gasteiger partial charge in [-0.1, -0.05) is 11.2 Å². The molecule has 1 aromatic rings. The molecule has 0 unspecified atom stereocenters. The van der Waals surface area contributed by atoms with Gasteiger partial charge >= 0.3 is 6.18 Å². The van der Waals surface area contributed by atoms with Crippen molar-refractivity contribution in [2.24, 2.45) is 5.16 Å². The van der Waals surface area contributed by atoms with Crippen LogP contribution in [0.15, 0.2) is 23.4 Å². The fourth-order valence-corrected chi connectivity index (χ4v) is 1.30. The van der Waals surface area contributed by atoms with E-state index in [2.05, 4.69) is 10.5 Å². The van der Waals surface area contributed by atoms with E-state index in [0.717, 1.165) is 6.07 Å². The summed E-state index contributed by atoms with van der Waals surface area (Å²) in [6.07, 6.45) is -3.92. The van der Waals surface area contributed by atoms with E-state index in [-0.39, 0.29) is 11.3 Å². The highest BCUT2D eigenvalue weighted by molar-refractivity contribution is 6.31. The van der Waals surface area contributed by atoms with Crippen molar-refractivity contribution in [3.05, 3.63) is 29.3 Å². The highest BCUT2D eigenvalue weighted by atomic mass is 19.4. The van der Waals surface area contributed by atoms with E-state index in [1.165, 1.54) is 19.1 Å². The number of hydrogen-bond donors (Lipinski definition) is 2. The summed E-state index contributed by atoms with van der Waals surface area (Å²) in [6, 6.07) is 3.43. The van der Waals surface area contributed by atoms with Crippen molar-refractivity contribution < 1.29 is 23.2 Å².